The van der Waals surface area contributed by atoms with Gasteiger partial charge in [0.1, 0.15) is 11.5 Å². The Morgan fingerprint density at radius 3 is 2.52 bits per heavy atom. The van der Waals surface area contributed by atoms with Gasteiger partial charge >= 0.3 is 0 Å². The van der Waals surface area contributed by atoms with E-state index < -0.39 is 0 Å². The van der Waals surface area contributed by atoms with Gasteiger partial charge in [-0.3, -0.25) is 4.79 Å². The molecule has 0 saturated heterocycles. The van der Waals surface area contributed by atoms with Crippen molar-refractivity contribution in [1.29, 1.82) is 0 Å². The van der Waals surface area contributed by atoms with Crippen molar-refractivity contribution in [2.24, 2.45) is 10.7 Å². The molecule has 0 heterocycles. The average molecular weight is 358 g/mol. The second-order valence-electron chi connectivity index (χ2n) is 5.25. The van der Waals surface area contributed by atoms with E-state index in [2.05, 4.69) is 4.99 Å². The van der Waals surface area contributed by atoms with Crippen molar-refractivity contribution in [3.05, 3.63) is 53.6 Å². The van der Waals surface area contributed by atoms with Crippen molar-refractivity contribution in [1.82, 2.24) is 0 Å². The molecule has 0 aliphatic rings. The zero-order valence-electron chi connectivity index (χ0n) is 14.6. The molecule has 0 aliphatic heterocycles. The highest BCUT2D eigenvalue weighted by Crippen LogP contribution is 2.26. The van der Waals surface area contributed by atoms with Crippen LogP contribution in [0.25, 0.3) is 0 Å². The lowest BCUT2D eigenvalue weighted by atomic mass is 10.1. The topological polar surface area (TPSA) is 73.9 Å². The number of Topliss-reactive ketones (excluding diaryl/α,β-unsaturated/α-hetero) is 1. The minimum atomic E-state index is 0.0224. The van der Waals surface area contributed by atoms with Crippen LogP contribution in [0.1, 0.15) is 29.8 Å². The number of carbonyl (C=O) groups is 1. The van der Waals surface area contributed by atoms with E-state index in [0.717, 1.165) is 22.7 Å². The van der Waals surface area contributed by atoms with E-state index in [0.29, 0.717) is 23.1 Å². The molecule has 0 atom stereocenters. The first-order chi connectivity index (χ1) is 12.0. The van der Waals surface area contributed by atoms with E-state index >= 15 is 0 Å². The maximum Gasteiger partial charge on any atom is 0.159 e. The van der Waals surface area contributed by atoms with E-state index in [1.807, 2.05) is 43.3 Å². The van der Waals surface area contributed by atoms with Gasteiger partial charge < -0.3 is 15.2 Å². The van der Waals surface area contributed by atoms with E-state index in [1.165, 1.54) is 11.8 Å². The Kier molecular flexibility index (Phi) is 6.89. The maximum absolute atomic E-state index is 11.6. The summed E-state index contributed by atoms with van der Waals surface area (Å²) in [6, 6.07) is 12.8. The van der Waals surface area contributed by atoms with E-state index in [1.54, 1.807) is 20.1 Å². The number of hydrogen-bond acceptors (Lipinski definition) is 5. The molecule has 0 radical (unpaired) electrons. The molecule has 132 valence electrons. The van der Waals surface area contributed by atoms with Crippen LogP contribution >= 0.6 is 11.8 Å². The fourth-order valence-electron chi connectivity index (χ4n) is 2.18. The second kappa shape index (κ2) is 9.13. The highest BCUT2D eigenvalue weighted by molar-refractivity contribution is 8.13. The lowest BCUT2D eigenvalue weighted by molar-refractivity contribution is 0.101. The number of amidine groups is 1. The molecule has 2 rings (SSSR count). The molecule has 0 saturated carbocycles. The minimum absolute atomic E-state index is 0.0224. The molecule has 25 heavy (non-hydrogen) atoms. The molecule has 0 spiro atoms. The highest BCUT2D eigenvalue weighted by atomic mass is 32.2. The summed E-state index contributed by atoms with van der Waals surface area (Å²) in [7, 11) is 1.62. The van der Waals surface area contributed by atoms with Crippen LogP contribution in [-0.2, 0) is 5.75 Å². The van der Waals surface area contributed by atoms with E-state index in [-0.39, 0.29) is 5.78 Å². The van der Waals surface area contributed by atoms with Gasteiger partial charge in [-0.25, -0.2) is 4.99 Å². The first kappa shape index (κ1) is 18.9. The molecule has 0 amide bonds. The summed E-state index contributed by atoms with van der Waals surface area (Å²) in [6.45, 7) is 4.04. The summed E-state index contributed by atoms with van der Waals surface area (Å²) in [5.74, 6) is 2.13. The van der Waals surface area contributed by atoms with Gasteiger partial charge in [-0.2, -0.15) is 0 Å². The highest BCUT2D eigenvalue weighted by Gasteiger charge is 2.09. The predicted molar refractivity (Wildman–Crippen MR) is 103 cm³/mol. The van der Waals surface area contributed by atoms with Crippen molar-refractivity contribution in [3.63, 3.8) is 0 Å². The number of ether oxygens (including phenoxy) is 2. The van der Waals surface area contributed by atoms with Crippen LogP contribution in [0.2, 0.25) is 0 Å². The van der Waals surface area contributed by atoms with Gasteiger partial charge in [0, 0.05) is 16.9 Å². The number of ketones is 1. The molecular weight excluding hydrogens is 336 g/mol. The zero-order chi connectivity index (χ0) is 18.2. The monoisotopic (exact) mass is 358 g/mol. The third-order valence-electron chi connectivity index (χ3n) is 3.45. The number of benzene rings is 2. The first-order valence-electron chi connectivity index (χ1n) is 7.91. The van der Waals surface area contributed by atoms with Crippen LogP contribution < -0.4 is 15.2 Å². The van der Waals surface area contributed by atoms with Gasteiger partial charge in [0.15, 0.2) is 11.0 Å². The third kappa shape index (κ3) is 5.53. The summed E-state index contributed by atoms with van der Waals surface area (Å²) < 4.78 is 10.7. The van der Waals surface area contributed by atoms with Gasteiger partial charge in [0.05, 0.1) is 19.4 Å². The number of thioether (sulfide) groups is 1. The number of hydrogen-bond donors (Lipinski definition) is 1. The summed E-state index contributed by atoms with van der Waals surface area (Å²) >= 11 is 1.40. The summed E-state index contributed by atoms with van der Waals surface area (Å²) in [4.78, 5) is 16.0. The SMILES string of the molecule is CCOc1ccc(C(C)=O)cc1CSC(N)=Nc1ccc(OC)cc1. The average Bonchev–Trinajstić information content (AvgIpc) is 2.61. The normalized spacial score (nSPS) is 11.2. The Morgan fingerprint density at radius 1 is 1.20 bits per heavy atom. The molecule has 5 nitrogen and oxygen atoms in total. The second-order valence-corrected chi connectivity index (χ2v) is 6.24. The van der Waals surface area contributed by atoms with Gasteiger partial charge in [0.2, 0.25) is 0 Å². The number of nitrogens with zero attached hydrogens (tertiary/aromatic N) is 1. The molecule has 6 heteroatoms. The Balaban J connectivity index is 2.11. The van der Waals surface area contributed by atoms with Crippen molar-refractivity contribution < 1.29 is 14.3 Å². The number of methoxy groups -OCH3 is 1. The molecule has 0 fully saturated rings. The summed E-state index contributed by atoms with van der Waals surface area (Å²) in [6.07, 6.45) is 0. The number of nitrogens with two attached hydrogens (primary N) is 1. The zero-order valence-corrected chi connectivity index (χ0v) is 15.4. The molecule has 0 bridgehead atoms. The summed E-state index contributed by atoms with van der Waals surface area (Å²) in [5.41, 5.74) is 8.36. The van der Waals surface area contributed by atoms with Crippen molar-refractivity contribution in [2.75, 3.05) is 13.7 Å². The predicted octanol–water partition coefficient (Wildman–Crippen LogP) is 4.18. The molecular formula is C19H22N2O3S. The number of rotatable bonds is 7. The fraction of sp³-hybridized carbons (Fsp3) is 0.263. The first-order valence-corrected chi connectivity index (χ1v) is 8.89. The van der Waals surface area contributed by atoms with Gasteiger partial charge in [-0.15, -0.1) is 0 Å². The molecule has 2 aromatic rings. The standard InChI is InChI=1S/C19H22N2O3S/c1-4-24-18-10-5-14(13(2)22)11-15(18)12-25-19(20)21-16-6-8-17(23-3)9-7-16/h5-11H,4,12H2,1-3H3,(H2,20,21). The minimum Gasteiger partial charge on any atom is -0.497 e. The van der Waals surface area contributed by atoms with Crippen LogP contribution in [0.5, 0.6) is 11.5 Å². The van der Waals surface area contributed by atoms with Crippen LogP contribution in [-0.4, -0.2) is 24.7 Å². The lowest BCUT2D eigenvalue weighted by Crippen LogP contribution is -2.07. The van der Waals surface area contributed by atoms with E-state index in [9.17, 15) is 4.79 Å². The third-order valence-corrected chi connectivity index (χ3v) is 4.30. The van der Waals surface area contributed by atoms with Gasteiger partial charge in [0.25, 0.3) is 0 Å². The van der Waals surface area contributed by atoms with Gasteiger partial charge in [-0.1, -0.05) is 11.8 Å². The van der Waals surface area contributed by atoms with Crippen molar-refractivity contribution >= 4 is 28.4 Å². The Labute approximate surface area is 152 Å². The van der Waals surface area contributed by atoms with Crippen molar-refractivity contribution in [3.8, 4) is 11.5 Å². The number of carbonyl (C=O) groups excluding carboxylic acids is 1. The van der Waals surface area contributed by atoms with Crippen LogP contribution in [0.3, 0.4) is 0 Å². The van der Waals surface area contributed by atoms with Gasteiger partial charge in [-0.05, 0) is 56.3 Å². The Bertz CT molecular complexity index is 758. The van der Waals surface area contributed by atoms with Crippen LogP contribution in [0.4, 0.5) is 5.69 Å². The summed E-state index contributed by atoms with van der Waals surface area (Å²) in [5, 5.41) is 0.445. The largest absolute Gasteiger partial charge is 0.497 e. The quantitative estimate of drug-likeness (QED) is 0.457. The molecule has 0 aliphatic carbocycles. The smallest absolute Gasteiger partial charge is 0.159 e. The Hall–Kier alpha value is -2.47. The molecule has 0 unspecified atom stereocenters. The molecule has 0 aromatic heterocycles. The van der Waals surface area contributed by atoms with Crippen LogP contribution in [0.15, 0.2) is 47.5 Å². The number of aliphatic imine (C=N–C) groups is 1. The molecule has 2 N–H and O–H groups in total. The van der Waals surface area contributed by atoms with E-state index in [4.69, 9.17) is 15.2 Å². The maximum atomic E-state index is 11.6. The molecule has 2 aromatic carbocycles. The Morgan fingerprint density at radius 2 is 1.92 bits per heavy atom. The van der Waals surface area contributed by atoms with Crippen molar-refractivity contribution in [2.45, 2.75) is 19.6 Å². The van der Waals surface area contributed by atoms with Crippen LogP contribution in [0, 0.1) is 0 Å². The lowest BCUT2D eigenvalue weighted by Gasteiger charge is -2.11. The fourth-order valence-corrected chi connectivity index (χ4v) is 2.87.